The standard InChI is InChI=1S/C24H22O6/c1-3-27-19-9-5-7-11-21(19)29-23(25)17-13-15-18(16-14-17)24(26)30-22-12-8-6-10-20(22)28-4-2/h5-16H,3-4H2,1-2H3. The van der Waals surface area contributed by atoms with Crippen LogP contribution in [0.15, 0.2) is 72.8 Å². The normalized spacial score (nSPS) is 10.2. The Labute approximate surface area is 175 Å². The van der Waals surface area contributed by atoms with Crippen LogP contribution in [0, 0.1) is 0 Å². The predicted molar refractivity (Wildman–Crippen MR) is 112 cm³/mol. The van der Waals surface area contributed by atoms with Crippen LogP contribution in [0.4, 0.5) is 0 Å². The molecule has 0 bridgehead atoms. The lowest BCUT2D eigenvalue weighted by molar-refractivity contribution is 0.0714. The summed E-state index contributed by atoms with van der Waals surface area (Å²) in [7, 11) is 0. The van der Waals surface area contributed by atoms with Gasteiger partial charge in [0.2, 0.25) is 0 Å². The number of benzene rings is 3. The van der Waals surface area contributed by atoms with E-state index in [4.69, 9.17) is 18.9 Å². The Morgan fingerprint density at radius 2 is 0.900 bits per heavy atom. The molecule has 3 aromatic rings. The zero-order valence-electron chi connectivity index (χ0n) is 16.8. The summed E-state index contributed by atoms with van der Waals surface area (Å²) in [5, 5.41) is 0. The van der Waals surface area contributed by atoms with Gasteiger partial charge in [-0.2, -0.15) is 0 Å². The van der Waals surface area contributed by atoms with Gasteiger partial charge in [0.15, 0.2) is 23.0 Å². The van der Waals surface area contributed by atoms with Crippen molar-refractivity contribution < 1.29 is 28.5 Å². The number of esters is 2. The van der Waals surface area contributed by atoms with Crippen LogP contribution in [-0.4, -0.2) is 25.2 Å². The Kier molecular flexibility index (Phi) is 7.05. The fourth-order valence-electron chi connectivity index (χ4n) is 2.68. The van der Waals surface area contributed by atoms with E-state index in [0.717, 1.165) is 0 Å². The molecule has 6 heteroatoms. The first kappa shape index (κ1) is 20.9. The van der Waals surface area contributed by atoms with Gasteiger partial charge in [-0.25, -0.2) is 9.59 Å². The first-order valence-electron chi connectivity index (χ1n) is 9.60. The molecule has 0 aliphatic heterocycles. The zero-order chi connectivity index (χ0) is 21.3. The molecule has 0 aromatic heterocycles. The van der Waals surface area contributed by atoms with Crippen molar-refractivity contribution in [3.63, 3.8) is 0 Å². The summed E-state index contributed by atoms with van der Waals surface area (Å²) in [5.74, 6) is 0.538. The second-order valence-electron chi connectivity index (χ2n) is 6.12. The number of ether oxygens (including phenoxy) is 4. The summed E-state index contributed by atoms with van der Waals surface area (Å²) in [6.07, 6.45) is 0. The van der Waals surface area contributed by atoms with Crippen LogP contribution in [-0.2, 0) is 0 Å². The van der Waals surface area contributed by atoms with Crippen LogP contribution >= 0.6 is 0 Å². The van der Waals surface area contributed by atoms with Gasteiger partial charge in [-0.3, -0.25) is 0 Å². The summed E-state index contributed by atoms with van der Waals surface area (Å²) in [5.41, 5.74) is 0.597. The summed E-state index contributed by atoms with van der Waals surface area (Å²) in [6, 6.07) is 19.9. The maximum Gasteiger partial charge on any atom is 0.343 e. The van der Waals surface area contributed by atoms with E-state index in [-0.39, 0.29) is 0 Å². The smallest absolute Gasteiger partial charge is 0.343 e. The first-order valence-corrected chi connectivity index (χ1v) is 9.60. The molecule has 0 radical (unpaired) electrons. The Bertz CT molecular complexity index is 928. The molecule has 3 rings (SSSR count). The molecule has 3 aromatic carbocycles. The maximum atomic E-state index is 12.4. The first-order chi connectivity index (χ1) is 14.6. The van der Waals surface area contributed by atoms with Gasteiger partial charge < -0.3 is 18.9 Å². The van der Waals surface area contributed by atoms with E-state index in [1.54, 1.807) is 48.5 Å². The molecule has 30 heavy (non-hydrogen) atoms. The van der Waals surface area contributed by atoms with Crippen molar-refractivity contribution in [3.05, 3.63) is 83.9 Å². The topological polar surface area (TPSA) is 71.1 Å². The molecule has 0 fully saturated rings. The Morgan fingerprint density at radius 1 is 0.567 bits per heavy atom. The lowest BCUT2D eigenvalue weighted by atomic mass is 10.1. The van der Waals surface area contributed by atoms with Gasteiger partial charge in [0.25, 0.3) is 0 Å². The van der Waals surface area contributed by atoms with Crippen molar-refractivity contribution in [2.75, 3.05) is 13.2 Å². The highest BCUT2D eigenvalue weighted by atomic mass is 16.6. The van der Waals surface area contributed by atoms with E-state index >= 15 is 0 Å². The summed E-state index contributed by atoms with van der Waals surface area (Å²) in [6.45, 7) is 4.61. The summed E-state index contributed by atoms with van der Waals surface area (Å²) >= 11 is 0. The van der Waals surface area contributed by atoms with E-state index in [0.29, 0.717) is 47.3 Å². The van der Waals surface area contributed by atoms with Crippen LogP contribution < -0.4 is 18.9 Å². The molecule has 0 unspecified atom stereocenters. The van der Waals surface area contributed by atoms with Gasteiger partial charge in [-0.05, 0) is 62.4 Å². The number of hydrogen-bond acceptors (Lipinski definition) is 6. The van der Waals surface area contributed by atoms with E-state index in [2.05, 4.69) is 0 Å². The molecule has 0 aliphatic rings. The number of rotatable bonds is 8. The van der Waals surface area contributed by atoms with Crippen molar-refractivity contribution in [2.45, 2.75) is 13.8 Å². The van der Waals surface area contributed by atoms with Gasteiger partial charge in [0, 0.05) is 0 Å². The van der Waals surface area contributed by atoms with Gasteiger partial charge >= 0.3 is 11.9 Å². The van der Waals surface area contributed by atoms with E-state index in [1.807, 2.05) is 13.8 Å². The average molecular weight is 406 g/mol. The lowest BCUT2D eigenvalue weighted by Gasteiger charge is -2.11. The number of hydrogen-bond donors (Lipinski definition) is 0. The van der Waals surface area contributed by atoms with E-state index < -0.39 is 11.9 Å². The van der Waals surface area contributed by atoms with Crippen molar-refractivity contribution in [1.29, 1.82) is 0 Å². The largest absolute Gasteiger partial charge is 0.490 e. The van der Waals surface area contributed by atoms with Crippen molar-refractivity contribution in [2.24, 2.45) is 0 Å². The van der Waals surface area contributed by atoms with Crippen LogP contribution in [0.25, 0.3) is 0 Å². The fraction of sp³-hybridized carbons (Fsp3) is 0.167. The maximum absolute atomic E-state index is 12.4. The van der Waals surface area contributed by atoms with Gasteiger partial charge in [0.05, 0.1) is 24.3 Å². The highest BCUT2D eigenvalue weighted by molar-refractivity contribution is 5.95. The molecular formula is C24H22O6. The van der Waals surface area contributed by atoms with Crippen LogP contribution in [0.1, 0.15) is 34.6 Å². The summed E-state index contributed by atoms with van der Waals surface area (Å²) < 4.78 is 21.8. The zero-order valence-corrected chi connectivity index (χ0v) is 16.8. The molecule has 154 valence electrons. The molecular weight excluding hydrogens is 384 g/mol. The molecule has 6 nitrogen and oxygen atoms in total. The third-order valence-electron chi connectivity index (χ3n) is 4.06. The van der Waals surface area contributed by atoms with E-state index in [9.17, 15) is 9.59 Å². The van der Waals surface area contributed by atoms with Crippen molar-refractivity contribution >= 4 is 11.9 Å². The highest BCUT2D eigenvalue weighted by Gasteiger charge is 2.15. The number of carbonyl (C=O) groups is 2. The average Bonchev–Trinajstić information content (AvgIpc) is 2.77. The van der Waals surface area contributed by atoms with Crippen molar-refractivity contribution in [3.8, 4) is 23.0 Å². The van der Waals surface area contributed by atoms with Gasteiger partial charge in [-0.1, -0.05) is 24.3 Å². The molecule has 0 atom stereocenters. The number of carbonyl (C=O) groups excluding carboxylic acids is 2. The van der Waals surface area contributed by atoms with Gasteiger partial charge in [-0.15, -0.1) is 0 Å². The molecule has 0 saturated carbocycles. The van der Waals surface area contributed by atoms with Crippen LogP contribution in [0.2, 0.25) is 0 Å². The highest BCUT2D eigenvalue weighted by Crippen LogP contribution is 2.28. The third-order valence-corrected chi connectivity index (χ3v) is 4.06. The van der Waals surface area contributed by atoms with Crippen LogP contribution in [0.5, 0.6) is 23.0 Å². The molecule has 0 heterocycles. The monoisotopic (exact) mass is 406 g/mol. The molecule has 0 N–H and O–H groups in total. The van der Waals surface area contributed by atoms with Crippen molar-refractivity contribution in [1.82, 2.24) is 0 Å². The van der Waals surface area contributed by atoms with Gasteiger partial charge in [0.1, 0.15) is 0 Å². The Morgan fingerprint density at radius 3 is 1.23 bits per heavy atom. The SMILES string of the molecule is CCOc1ccccc1OC(=O)c1ccc(C(=O)Oc2ccccc2OCC)cc1. The second kappa shape index (κ2) is 10.1. The number of para-hydroxylation sites is 4. The fourth-order valence-corrected chi connectivity index (χ4v) is 2.68. The minimum atomic E-state index is -0.552. The second-order valence-corrected chi connectivity index (χ2v) is 6.12. The quantitative estimate of drug-likeness (QED) is 0.391. The molecule has 0 amide bonds. The minimum Gasteiger partial charge on any atom is -0.490 e. The minimum absolute atomic E-state index is 0.299. The lowest BCUT2D eigenvalue weighted by Crippen LogP contribution is -2.12. The third kappa shape index (κ3) is 5.17. The van der Waals surface area contributed by atoms with E-state index in [1.165, 1.54) is 24.3 Å². The molecule has 0 spiro atoms. The molecule has 0 saturated heterocycles. The predicted octanol–water partition coefficient (Wildman–Crippen LogP) is 4.92. The van der Waals surface area contributed by atoms with Crippen LogP contribution in [0.3, 0.4) is 0 Å². The molecule has 0 aliphatic carbocycles. The Hall–Kier alpha value is -3.80. The Balaban J connectivity index is 1.69. The summed E-state index contributed by atoms with van der Waals surface area (Å²) in [4.78, 5) is 24.9.